The number of carbonyl (C=O) groups is 1. The molecule has 0 saturated heterocycles. The smallest absolute Gasteiger partial charge is 0.326 e. The number of halogens is 3. The Labute approximate surface area is 218 Å². The van der Waals surface area contributed by atoms with E-state index in [0.717, 1.165) is 50.2 Å². The van der Waals surface area contributed by atoms with E-state index in [-0.39, 0.29) is 6.61 Å². The van der Waals surface area contributed by atoms with Crippen LogP contribution in [-0.4, -0.2) is 82.8 Å². The van der Waals surface area contributed by atoms with Crippen molar-refractivity contribution in [3.63, 3.8) is 0 Å². The van der Waals surface area contributed by atoms with Gasteiger partial charge in [-0.2, -0.15) is 0 Å². The van der Waals surface area contributed by atoms with E-state index in [2.05, 4.69) is 53.6 Å². The predicted octanol–water partition coefficient (Wildman–Crippen LogP) is 3.85. The molecule has 3 N–H and O–H groups in total. The number of anilines is 2. The van der Waals surface area contributed by atoms with Gasteiger partial charge in [0.1, 0.15) is 30.6 Å². The second-order valence-corrected chi connectivity index (χ2v) is 9.50. The van der Waals surface area contributed by atoms with Crippen LogP contribution in [0.4, 0.5) is 20.4 Å². The van der Waals surface area contributed by atoms with Crippen LogP contribution in [0.5, 0.6) is 0 Å². The van der Waals surface area contributed by atoms with Gasteiger partial charge in [-0.05, 0) is 72.6 Å². The first kappa shape index (κ1) is 28.1. The number of alkyl halides is 2. The number of ether oxygens (including phenoxy) is 1. The fourth-order valence-electron chi connectivity index (χ4n) is 4.00. The van der Waals surface area contributed by atoms with Crippen LogP contribution in [0, 0.1) is 0 Å². The molecule has 0 aliphatic carbocycles. The number of nitrogens with zero attached hydrogens (tertiary/aromatic N) is 4. The summed E-state index contributed by atoms with van der Waals surface area (Å²) in [5.41, 5.74) is 2.30. The Kier molecular flexibility index (Phi) is 11.7. The van der Waals surface area contributed by atoms with Gasteiger partial charge in [0.05, 0.1) is 11.1 Å². The van der Waals surface area contributed by atoms with Crippen LogP contribution in [0.3, 0.4) is 0 Å². The van der Waals surface area contributed by atoms with Crippen LogP contribution < -0.4 is 10.6 Å². The molecular weight excluding hydrogens is 538 g/mol. The summed E-state index contributed by atoms with van der Waals surface area (Å²) in [6.45, 7) is 2.11. The normalized spacial score (nSPS) is 13.9. The van der Waals surface area contributed by atoms with Gasteiger partial charge in [0.2, 0.25) is 0 Å². The van der Waals surface area contributed by atoms with Crippen LogP contribution in [0.2, 0.25) is 0 Å². The quantitative estimate of drug-likeness (QED) is 0.259. The lowest BCUT2D eigenvalue weighted by Crippen LogP contribution is -2.37. The third-order valence-corrected chi connectivity index (χ3v) is 6.50. The van der Waals surface area contributed by atoms with Gasteiger partial charge in [-0.25, -0.2) is 28.5 Å². The van der Waals surface area contributed by atoms with Crippen molar-refractivity contribution in [2.75, 3.05) is 50.0 Å². The number of rotatable bonds is 16. The van der Waals surface area contributed by atoms with Crippen LogP contribution in [0.15, 0.2) is 29.1 Å². The molecule has 0 fully saturated rings. The molecule has 1 aliphatic heterocycles. The summed E-state index contributed by atoms with van der Waals surface area (Å²) in [7, 11) is 0. The number of aryl methyl sites for hydroxylation is 2. The van der Waals surface area contributed by atoms with Crippen molar-refractivity contribution in [1.29, 1.82) is 0 Å². The van der Waals surface area contributed by atoms with E-state index >= 15 is 0 Å². The summed E-state index contributed by atoms with van der Waals surface area (Å²) >= 11 is 3.31. The number of nitrogens with one attached hydrogen (secondary N) is 2. The number of pyridine rings is 1. The number of aromatic nitrogens is 3. The number of hydrogen-bond acceptors (Lipinski definition) is 8. The van der Waals surface area contributed by atoms with Crippen molar-refractivity contribution in [1.82, 2.24) is 19.9 Å². The van der Waals surface area contributed by atoms with E-state index in [1.165, 1.54) is 18.1 Å². The van der Waals surface area contributed by atoms with E-state index < -0.39 is 25.0 Å². The van der Waals surface area contributed by atoms with Crippen LogP contribution in [-0.2, 0) is 22.4 Å². The summed E-state index contributed by atoms with van der Waals surface area (Å²) < 4.78 is 30.5. The molecule has 2 aromatic rings. The molecule has 3 heterocycles. The van der Waals surface area contributed by atoms with Gasteiger partial charge >= 0.3 is 5.97 Å². The molecule has 12 heteroatoms. The lowest BCUT2D eigenvalue weighted by Gasteiger charge is -2.24. The standard InChI is InChI=1S/C24H33BrF2N6O3/c25-19-14-28-16-30-23(19)32-20(24(34)35)8-11-33(12-13-36-15-21(26)27)10-2-1-5-18-7-6-17-4-3-9-29-22(17)31-18/h6-7,14,16,20-21H,1-5,8-13,15H2,(H,29,31)(H,34,35)(H,28,30,32)/t20-/m0/s1. The molecule has 0 spiro atoms. The monoisotopic (exact) mass is 570 g/mol. The predicted molar refractivity (Wildman–Crippen MR) is 137 cm³/mol. The number of aliphatic carboxylic acids is 1. The topological polar surface area (TPSA) is 112 Å². The van der Waals surface area contributed by atoms with Gasteiger partial charge in [-0.15, -0.1) is 0 Å². The van der Waals surface area contributed by atoms with Crippen molar-refractivity contribution in [2.45, 2.75) is 51.0 Å². The van der Waals surface area contributed by atoms with Crippen LogP contribution in [0.25, 0.3) is 0 Å². The molecule has 0 aromatic carbocycles. The highest BCUT2D eigenvalue weighted by Crippen LogP contribution is 2.21. The Morgan fingerprint density at radius 3 is 2.92 bits per heavy atom. The lowest BCUT2D eigenvalue weighted by atomic mass is 10.1. The third-order valence-electron chi connectivity index (χ3n) is 5.92. The molecule has 3 rings (SSSR count). The summed E-state index contributed by atoms with van der Waals surface area (Å²) in [4.78, 5) is 26.6. The maximum absolute atomic E-state index is 12.4. The van der Waals surface area contributed by atoms with Gasteiger partial charge in [-0.1, -0.05) is 6.07 Å². The first-order valence-corrected chi connectivity index (χ1v) is 13.0. The zero-order valence-corrected chi connectivity index (χ0v) is 21.7. The van der Waals surface area contributed by atoms with Crippen LogP contribution in [0.1, 0.15) is 36.9 Å². The highest BCUT2D eigenvalue weighted by molar-refractivity contribution is 9.10. The first-order valence-electron chi connectivity index (χ1n) is 12.2. The Balaban J connectivity index is 1.50. The van der Waals surface area contributed by atoms with Crippen molar-refractivity contribution in [2.24, 2.45) is 0 Å². The Morgan fingerprint density at radius 1 is 1.28 bits per heavy atom. The minimum absolute atomic E-state index is 0.158. The average Bonchev–Trinajstić information content (AvgIpc) is 2.86. The summed E-state index contributed by atoms with van der Waals surface area (Å²) in [6, 6.07) is 3.36. The van der Waals surface area contributed by atoms with E-state index in [9.17, 15) is 18.7 Å². The average molecular weight is 571 g/mol. The second-order valence-electron chi connectivity index (χ2n) is 8.65. The van der Waals surface area contributed by atoms with Gasteiger partial charge < -0.3 is 25.4 Å². The van der Waals surface area contributed by atoms with E-state index in [0.29, 0.717) is 36.3 Å². The number of fused-ring (bicyclic) bond motifs is 1. The summed E-state index contributed by atoms with van der Waals surface area (Å²) in [6.07, 6.45) is 5.46. The molecule has 36 heavy (non-hydrogen) atoms. The lowest BCUT2D eigenvalue weighted by molar-refractivity contribution is -0.138. The fraction of sp³-hybridized carbons (Fsp3) is 0.583. The minimum Gasteiger partial charge on any atom is -0.480 e. The number of carboxylic acids is 1. The van der Waals surface area contributed by atoms with Crippen molar-refractivity contribution in [3.05, 3.63) is 40.4 Å². The molecule has 0 unspecified atom stereocenters. The fourth-order valence-corrected chi connectivity index (χ4v) is 4.34. The zero-order chi connectivity index (χ0) is 25.8. The zero-order valence-electron chi connectivity index (χ0n) is 20.1. The molecule has 2 aromatic heterocycles. The number of unbranched alkanes of at least 4 members (excludes halogenated alkanes) is 1. The SMILES string of the molecule is O=C(O)[C@H](CCN(CCCCc1ccc2c(n1)NCCC2)CCOCC(F)F)Nc1ncncc1Br. The van der Waals surface area contributed by atoms with Crippen LogP contribution >= 0.6 is 15.9 Å². The number of carboxylic acid groups (broad SMARTS) is 1. The first-order chi connectivity index (χ1) is 17.4. The molecule has 1 aliphatic rings. The van der Waals surface area contributed by atoms with Crippen molar-refractivity contribution in [3.8, 4) is 0 Å². The molecule has 0 saturated carbocycles. The largest absolute Gasteiger partial charge is 0.480 e. The van der Waals surface area contributed by atoms with E-state index in [1.54, 1.807) is 0 Å². The van der Waals surface area contributed by atoms with Crippen molar-refractivity contribution < 1.29 is 23.4 Å². The Bertz CT molecular complexity index is 971. The van der Waals surface area contributed by atoms with Gasteiger partial charge in [0.15, 0.2) is 0 Å². The highest BCUT2D eigenvalue weighted by Gasteiger charge is 2.20. The highest BCUT2D eigenvalue weighted by atomic mass is 79.9. The Morgan fingerprint density at radius 2 is 2.14 bits per heavy atom. The third kappa shape index (κ3) is 9.55. The molecule has 0 amide bonds. The summed E-state index contributed by atoms with van der Waals surface area (Å²) in [5.74, 6) is 0.386. The van der Waals surface area contributed by atoms with Gasteiger partial charge in [0.25, 0.3) is 6.43 Å². The molecule has 0 bridgehead atoms. The summed E-state index contributed by atoms with van der Waals surface area (Å²) in [5, 5.41) is 16.0. The molecular formula is C24H33BrF2N6O3. The van der Waals surface area contributed by atoms with Gasteiger partial charge in [0, 0.05) is 31.5 Å². The minimum atomic E-state index is -2.51. The maximum atomic E-state index is 12.4. The molecule has 9 nitrogen and oxygen atoms in total. The second kappa shape index (κ2) is 15.0. The number of hydrogen-bond donors (Lipinski definition) is 3. The Hall–Kier alpha value is -2.44. The molecule has 0 radical (unpaired) electrons. The van der Waals surface area contributed by atoms with Gasteiger partial charge in [-0.3, -0.25) is 0 Å². The van der Waals surface area contributed by atoms with E-state index in [1.807, 2.05) is 0 Å². The maximum Gasteiger partial charge on any atom is 0.326 e. The molecule has 198 valence electrons. The molecule has 1 atom stereocenters. The van der Waals surface area contributed by atoms with E-state index in [4.69, 9.17) is 9.72 Å². The van der Waals surface area contributed by atoms with Crippen molar-refractivity contribution >= 4 is 33.5 Å².